The molecule has 3 rings (SSSR count). The smallest absolute Gasteiger partial charge is 0.256 e. The van der Waals surface area contributed by atoms with Crippen LogP contribution in [0, 0.1) is 6.92 Å². The highest BCUT2D eigenvalue weighted by molar-refractivity contribution is 8.04. The fraction of sp³-hybridized carbons (Fsp3) is 0.231. The zero-order chi connectivity index (χ0) is 13.4. The number of amides is 1. The number of nitrogens with two attached hydrogens (primary N) is 1. The molecule has 5 nitrogen and oxygen atoms in total. The van der Waals surface area contributed by atoms with Crippen LogP contribution >= 0.6 is 24.2 Å². The van der Waals surface area contributed by atoms with Crippen molar-refractivity contribution in [2.24, 2.45) is 5.73 Å². The number of aromatic amines is 1. The van der Waals surface area contributed by atoms with E-state index >= 15 is 0 Å². The first-order chi connectivity index (χ1) is 9.16. The van der Waals surface area contributed by atoms with Crippen molar-refractivity contribution in [2.75, 3.05) is 17.2 Å². The Hall–Kier alpha value is -1.66. The van der Waals surface area contributed by atoms with Gasteiger partial charge in [-0.2, -0.15) is 0 Å². The predicted octanol–water partition coefficient (Wildman–Crippen LogP) is 2.17. The molecule has 0 fully saturated rings. The molecule has 0 atom stereocenters. The van der Waals surface area contributed by atoms with Crippen molar-refractivity contribution in [3.63, 3.8) is 0 Å². The molecule has 3 N–H and O–H groups in total. The number of nitrogens with one attached hydrogen (secondary N) is 1. The van der Waals surface area contributed by atoms with Crippen LogP contribution in [-0.4, -0.2) is 28.2 Å². The van der Waals surface area contributed by atoms with Crippen molar-refractivity contribution >= 4 is 46.8 Å². The van der Waals surface area contributed by atoms with E-state index in [1.54, 1.807) is 6.20 Å². The van der Waals surface area contributed by atoms with Crippen molar-refractivity contribution in [3.05, 3.63) is 35.1 Å². The number of aromatic nitrogens is 2. The quantitative estimate of drug-likeness (QED) is 0.891. The topological polar surface area (TPSA) is 75.0 Å². The molecule has 0 aliphatic carbocycles. The van der Waals surface area contributed by atoms with Gasteiger partial charge in [0.2, 0.25) is 0 Å². The Labute approximate surface area is 127 Å². The maximum absolute atomic E-state index is 11.3. The van der Waals surface area contributed by atoms with Crippen molar-refractivity contribution in [1.82, 2.24) is 9.97 Å². The van der Waals surface area contributed by atoms with E-state index in [4.69, 9.17) is 5.73 Å². The number of hydrogen-bond donors (Lipinski definition) is 2. The van der Waals surface area contributed by atoms with E-state index in [0.29, 0.717) is 4.91 Å². The maximum atomic E-state index is 11.3. The second kappa shape index (κ2) is 5.76. The summed E-state index contributed by atoms with van der Waals surface area (Å²) in [4.78, 5) is 21.4. The molecule has 1 amide bonds. The van der Waals surface area contributed by atoms with E-state index in [1.165, 1.54) is 11.8 Å². The summed E-state index contributed by atoms with van der Waals surface area (Å²) in [7, 11) is 0. The fourth-order valence-corrected chi connectivity index (χ4v) is 3.11. The van der Waals surface area contributed by atoms with E-state index in [1.807, 2.05) is 25.4 Å². The number of anilines is 1. The zero-order valence-corrected chi connectivity index (χ0v) is 12.6. The molecule has 3 heterocycles. The lowest BCUT2D eigenvalue weighted by Gasteiger charge is -2.26. The van der Waals surface area contributed by atoms with E-state index in [-0.39, 0.29) is 18.3 Å². The van der Waals surface area contributed by atoms with Gasteiger partial charge in [0.1, 0.15) is 5.65 Å². The minimum atomic E-state index is -0.370. The maximum Gasteiger partial charge on any atom is 0.256 e. The van der Waals surface area contributed by atoms with E-state index < -0.39 is 0 Å². The van der Waals surface area contributed by atoms with Crippen molar-refractivity contribution in [1.29, 1.82) is 0 Å². The lowest BCUT2D eigenvalue weighted by molar-refractivity contribution is -0.113. The molecule has 1 aliphatic heterocycles. The molecule has 0 unspecified atom stereocenters. The molecular weight excluding hydrogens is 296 g/mol. The van der Waals surface area contributed by atoms with Crippen LogP contribution in [0.3, 0.4) is 0 Å². The molecule has 0 spiro atoms. The predicted molar refractivity (Wildman–Crippen MR) is 85.2 cm³/mol. The van der Waals surface area contributed by atoms with Crippen LogP contribution in [-0.2, 0) is 4.79 Å². The van der Waals surface area contributed by atoms with Gasteiger partial charge in [0.15, 0.2) is 0 Å². The van der Waals surface area contributed by atoms with Gasteiger partial charge in [-0.3, -0.25) is 4.79 Å². The van der Waals surface area contributed by atoms with E-state index in [0.717, 1.165) is 34.6 Å². The van der Waals surface area contributed by atoms with Gasteiger partial charge in [0.05, 0.1) is 10.6 Å². The highest BCUT2D eigenvalue weighted by Crippen LogP contribution is 2.32. The molecule has 0 saturated heterocycles. The SMILES string of the molecule is Cc1c[nH]c2nccc(N3C=C(C(N)=O)SCC3)c12.Cl. The van der Waals surface area contributed by atoms with Crippen LogP contribution in [0.2, 0.25) is 0 Å². The number of halogens is 1. The number of thioether (sulfide) groups is 1. The summed E-state index contributed by atoms with van der Waals surface area (Å²) in [5.41, 5.74) is 8.42. The number of H-pyrrole nitrogens is 1. The number of fused-ring (bicyclic) bond motifs is 1. The number of nitrogens with zero attached hydrogens (tertiary/aromatic N) is 2. The standard InChI is InChI=1S/C13H14N4OS.ClH/c1-8-6-16-13-11(8)9(2-3-15-13)17-4-5-19-10(7-17)12(14)18;/h2-3,6-7H,4-5H2,1H3,(H2,14,18)(H,15,16);1H. The van der Waals surface area contributed by atoms with Gasteiger partial charge >= 0.3 is 0 Å². The van der Waals surface area contributed by atoms with Crippen molar-refractivity contribution < 1.29 is 4.79 Å². The van der Waals surface area contributed by atoms with Gasteiger partial charge < -0.3 is 15.6 Å². The average Bonchev–Trinajstić information content (AvgIpc) is 2.81. The monoisotopic (exact) mass is 310 g/mol. The third-order valence-electron chi connectivity index (χ3n) is 3.16. The molecule has 0 saturated carbocycles. The van der Waals surface area contributed by atoms with Gasteiger partial charge in [0.25, 0.3) is 5.91 Å². The van der Waals surface area contributed by atoms with Crippen molar-refractivity contribution in [3.8, 4) is 0 Å². The first kappa shape index (κ1) is 14.7. The van der Waals surface area contributed by atoms with Crippen molar-refractivity contribution in [2.45, 2.75) is 6.92 Å². The third kappa shape index (κ3) is 2.48. The lowest BCUT2D eigenvalue weighted by Crippen LogP contribution is -2.27. The number of carbonyl (C=O) groups is 1. The summed E-state index contributed by atoms with van der Waals surface area (Å²) in [6.45, 7) is 2.90. The Bertz CT molecular complexity index is 682. The Kier molecular flexibility index (Phi) is 4.25. The van der Waals surface area contributed by atoms with Crippen LogP contribution in [0.1, 0.15) is 5.56 Å². The molecule has 1 aliphatic rings. The number of carbonyl (C=O) groups excluding carboxylic acids is 1. The summed E-state index contributed by atoms with van der Waals surface area (Å²) in [6.07, 6.45) is 5.55. The number of aryl methyl sites for hydroxylation is 1. The minimum absolute atomic E-state index is 0. The minimum Gasteiger partial charge on any atom is -0.365 e. The van der Waals surface area contributed by atoms with Crippen LogP contribution < -0.4 is 10.6 Å². The Morgan fingerprint density at radius 1 is 1.55 bits per heavy atom. The highest BCUT2D eigenvalue weighted by atomic mass is 35.5. The molecule has 0 aromatic carbocycles. The van der Waals surface area contributed by atoms with Crippen LogP contribution in [0.4, 0.5) is 5.69 Å². The van der Waals surface area contributed by atoms with Gasteiger partial charge in [-0.25, -0.2) is 4.98 Å². The number of pyridine rings is 1. The van der Waals surface area contributed by atoms with Gasteiger partial charge in [-0.15, -0.1) is 24.2 Å². The molecule has 2 aromatic rings. The van der Waals surface area contributed by atoms with Crippen LogP contribution in [0.15, 0.2) is 29.6 Å². The summed E-state index contributed by atoms with van der Waals surface area (Å²) >= 11 is 1.50. The fourth-order valence-electron chi connectivity index (χ4n) is 2.26. The second-order valence-corrected chi connectivity index (χ2v) is 5.56. The summed E-state index contributed by atoms with van der Waals surface area (Å²) in [5.74, 6) is 0.480. The Morgan fingerprint density at radius 3 is 3.10 bits per heavy atom. The van der Waals surface area contributed by atoms with E-state index in [9.17, 15) is 4.79 Å². The van der Waals surface area contributed by atoms with Crippen LogP contribution in [0.25, 0.3) is 11.0 Å². The number of rotatable bonds is 2. The zero-order valence-electron chi connectivity index (χ0n) is 10.9. The van der Waals surface area contributed by atoms with Crippen LogP contribution in [0.5, 0.6) is 0 Å². The third-order valence-corrected chi connectivity index (χ3v) is 4.17. The first-order valence-corrected chi connectivity index (χ1v) is 6.99. The van der Waals surface area contributed by atoms with E-state index in [2.05, 4.69) is 14.9 Å². The second-order valence-electron chi connectivity index (χ2n) is 4.42. The Morgan fingerprint density at radius 2 is 2.35 bits per heavy atom. The van der Waals surface area contributed by atoms with Gasteiger partial charge in [-0.05, 0) is 18.6 Å². The summed E-state index contributed by atoms with van der Waals surface area (Å²) < 4.78 is 0. The van der Waals surface area contributed by atoms with Gasteiger partial charge in [0, 0.05) is 36.3 Å². The molecule has 106 valence electrons. The summed E-state index contributed by atoms with van der Waals surface area (Å²) in [5, 5.41) is 1.09. The average molecular weight is 311 g/mol. The Balaban J connectivity index is 0.00000147. The molecule has 2 aromatic heterocycles. The number of primary amides is 1. The molecule has 20 heavy (non-hydrogen) atoms. The lowest BCUT2D eigenvalue weighted by atomic mass is 10.2. The highest BCUT2D eigenvalue weighted by Gasteiger charge is 2.18. The normalized spacial score (nSPS) is 14.8. The molecular formula is C13H15ClN4OS. The summed E-state index contributed by atoms with van der Waals surface area (Å²) in [6, 6.07) is 1.97. The first-order valence-electron chi connectivity index (χ1n) is 6.00. The molecule has 0 radical (unpaired) electrons. The van der Waals surface area contributed by atoms with Gasteiger partial charge in [-0.1, -0.05) is 0 Å². The number of hydrogen-bond acceptors (Lipinski definition) is 4. The largest absolute Gasteiger partial charge is 0.365 e. The molecule has 0 bridgehead atoms. The molecule has 7 heteroatoms.